The molecular weight excluding hydrogens is 374 g/mol. The number of ether oxygens (including phenoxy) is 1. The zero-order valence-electron chi connectivity index (χ0n) is 18.1. The molecule has 1 saturated carbocycles. The average Bonchev–Trinajstić information content (AvgIpc) is 3.33. The Bertz CT molecular complexity index is 834. The normalized spacial score (nSPS) is 16.6. The molecule has 1 aromatic carbocycles. The van der Waals surface area contributed by atoms with Gasteiger partial charge in [0, 0.05) is 11.4 Å². The third-order valence-electron chi connectivity index (χ3n) is 5.97. The smallest absolute Gasteiger partial charge is 0.309 e. The molecule has 3 rings (SSSR count). The largest absolute Gasteiger partial charge is 0.461 e. The molecule has 1 N–H and O–H groups in total. The first kappa shape index (κ1) is 22.2. The van der Waals surface area contributed by atoms with Gasteiger partial charge in [-0.15, -0.1) is 0 Å². The number of carbonyl (C=O) groups excluding carboxylic acids is 1. The molecule has 0 radical (unpaired) electrons. The van der Waals surface area contributed by atoms with Gasteiger partial charge in [0.25, 0.3) is 0 Å². The molecule has 1 aromatic heterocycles. The Morgan fingerprint density at radius 1 is 1.13 bits per heavy atom. The minimum Gasteiger partial charge on any atom is -0.461 e. The van der Waals surface area contributed by atoms with E-state index < -0.39 is 5.60 Å². The van der Waals surface area contributed by atoms with Crippen molar-refractivity contribution in [2.24, 2.45) is 5.92 Å². The standard InChI is InChI=1S/C26H33NO3/c1-3-23-16-21(17-24(4-2)27-23)14-15-26(29,22-12-8-9-13-22)18-25(28)30-19-20-10-6-5-7-11-20/h5-7,10-11,14-17,22,29H,3-4,8-9,12-13,18-19H2,1-2H3/b15-14+/t26-/m1/s1. The van der Waals surface area contributed by atoms with Crippen LogP contribution in [0.1, 0.15) is 68.5 Å². The molecule has 0 saturated heterocycles. The van der Waals surface area contributed by atoms with Gasteiger partial charge in [0.1, 0.15) is 6.61 Å². The maximum atomic E-state index is 12.6. The number of benzene rings is 1. The van der Waals surface area contributed by atoms with E-state index in [-0.39, 0.29) is 24.9 Å². The number of hydrogen-bond donors (Lipinski definition) is 1. The highest BCUT2D eigenvalue weighted by Crippen LogP contribution is 2.38. The van der Waals surface area contributed by atoms with Crippen molar-refractivity contribution in [1.29, 1.82) is 0 Å². The number of aromatic nitrogens is 1. The van der Waals surface area contributed by atoms with E-state index in [4.69, 9.17) is 4.74 Å². The quantitative estimate of drug-likeness (QED) is 0.575. The summed E-state index contributed by atoms with van der Waals surface area (Å²) in [7, 11) is 0. The zero-order chi connectivity index (χ0) is 21.4. The van der Waals surface area contributed by atoms with Crippen LogP contribution in [0.25, 0.3) is 6.08 Å². The molecule has 0 bridgehead atoms. The second-order valence-electron chi connectivity index (χ2n) is 8.22. The number of carbonyl (C=O) groups is 1. The van der Waals surface area contributed by atoms with Gasteiger partial charge in [-0.2, -0.15) is 0 Å². The molecule has 30 heavy (non-hydrogen) atoms. The summed E-state index contributed by atoms with van der Waals surface area (Å²) < 4.78 is 5.47. The maximum Gasteiger partial charge on any atom is 0.309 e. The summed E-state index contributed by atoms with van der Waals surface area (Å²) >= 11 is 0. The predicted octanol–water partition coefficient (Wildman–Crippen LogP) is 5.27. The van der Waals surface area contributed by atoms with Crippen molar-refractivity contribution in [1.82, 2.24) is 4.98 Å². The monoisotopic (exact) mass is 407 g/mol. The number of rotatable bonds is 9. The van der Waals surface area contributed by atoms with E-state index >= 15 is 0 Å². The van der Waals surface area contributed by atoms with Crippen LogP contribution >= 0.6 is 0 Å². The van der Waals surface area contributed by atoms with Gasteiger partial charge in [-0.25, -0.2) is 0 Å². The molecule has 160 valence electrons. The van der Waals surface area contributed by atoms with Gasteiger partial charge in [-0.3, -0.25) is 9.78 Å². The highest BCUT2D eigenvalue weighted by atomic mass is 16.5. The summed E-state index contributed by atoms with van der Waals surface area (Å²) in [6.07, 6.45) is 9.54. The van der Waals surface area contributed by atoms with Crippen LogP contribution in [0.4, 0.5) is 0 Å². The van der Waals surface area contributed by atoms with E-state index in [1.165, 1.54) is 0 Å². The first-order valence-electron chi connectivity index (χ1n) is 11.1. The fourth-order valence-corrected chi connectivity index (χ4v) is 4.16. The van der Waals surface area contributed by atoms with E-state index in [1.807, 2.05) is 42.5 Å². The summed E-state index contributed by atoms with van der Waals surface area (Å²) in [4.78, 5) is 17.2. The lowest BCUT2D eigenvalue weighted by Gasteiger charge is -2.30. The van der Waals surface area contributed by atoms with E-state index in [0.29, 0.717) is 0 Å². The Morgan fingerprint density at radius 3 is 2.37 bits per heavy atom. The SMILES string of the molecule is CCc1cc(/C=C/[C@@](O)(CC(=O)OCc2ccccc2)C2CCCC2)cc(CC)n1. The fraction of sp³-hybridized carbons (Fsp3) is 0.462. The second-order valence-corrected chi connectivity index (χ2v) is 8.22. The van der Waals surface area contributed by atoms with E-state index in [9.17, 15) is 9.90 Å². The molecule has 0 aliphatic heterocycles. The van der Waals surface area contributed by atoms with Gasteiger partial charge in [-0.05, 0) is 54.9 Å². The molecule has 1 aliphatic rings. The van der Waals surface area contributed by atoms with Crippen molar-refractivity contribution < 1.29 is 14.6 Å². The first-order chi connectivity index (χ1) is 14.5. The number of pyridine rings is 1. The Kier molecular flexibility index (Phi) is 7.81. The molecule has 1 fully saturated rings. The van der Waals surface area contributed by atoms with E-state index in [0.717, 1.165) is 61.0 Å². The third kappa shape index (κ3) is 6.02. The van der Waals surface area contributed by atoms with Crippen LogP contribution in [0.2, 0.25) is 0 Å². The Labute approximate surface area is 180 Å². The minimum atomic E-state index is -1.19. The summed E-state index contributed by atoms with van der Waals surface area (Å²) in [6.45, 7) is 4.41. The van der Waals surface area contributed by atoms with Crippen LogP contribution in [0.15, 0.2) is 48.5 Å². The van der Waals surface area contributed by atoms with Crippen molar-refractivity contribution in [2.75, 3.05) is 0 Å². The van der Waals surface area contributed by atoms with Crippen LogP contribution < -0.4 is 0 Å². The van der Waals surface area contributed by atoms with Gasteiger partial charge in [0.05, 0.1) is 12.0 Å². The van der Waals surface area contributed by atoms with E-state index in [2.05, 4.69) is 31.0 Å². The molecular formula is C26H33NO3. The molecule has 1 heterocycles. The predicted molar refractivity (Wildman–Crippen MR) is 120 cm³/mol. The van der Waals surface area contributed by atoms with Crippen molar-refractivity contribution in [3.8, 4) is 0 Å². The highest BCUT2D eigenvalue weighted by Gasteiger charge is 2.38. The van der Waals surface area contributed by atoms with Crippen molar-refractivity contribution in [3.63, 3.8) is 0 Å². The van der Waals surface area contributed by atoms with Crippen molar-refractivity contribution in [3.05, 3.63) is 71.1 Å². The maximum absolute atomic E-state index is 12.6. The molecule has 1 aliphatic carbocycles. The average molecular weight is 408 g/mol. The zero-order valence-corrected chi connectivity index (χ0v) is 18.1. The molecule has 1 atom stereocenters. The van der Waals surface area contributed by atoms with Crippen LogP contribution in [-0.4, -0.2) is 21.7 Å². The van der Waals surface area contributed by atoms with Crippen LogP contribution in [0, 0.1) is 5.92 Å². The Hall–Kier alpha value is -2.46. The fourth-order valence-electron chi connectivity index (χ4n) is 4.16. The first-order valence-corrected chi connectivity index (χ1v) is 11.1. The van der Waals surface area contributed by atoms with Gasteiger partial charge in [0.15, 0.2) is 0 Å². The lowest BCUT2D eigenvalue weighted by molar-refractivity contribution is -0.150. The summed E-state index contributed by atoms with van der Waals surface area (Å²) in [5, 5.41) is 11.5. The summed E-state index contributed by atoms with van der Waals surface area (Å²) in [5.41, 5.74) is 2.86. The Balaban J connectivity index is 1.74. The summed E-state index contributed by atoms with van der Waals surface area (Å²) in [5.74, 6) is -0.285. The van der Waals surface area contributed by atoms with Gasteiger partial charge in [-0.1, -0.05) is 69.2 Å². The molecule has 0 spiro atoms. The lowest BCUT2D eigenvalue weighted by Crippen LogP contribution is -2.37. The second kappa shape index (κ2) is 10.5. The lowest BCUT2D eigenvalue weighted by atomic mass is 9.82. The molecule has 0 amide bonds. The Morgan fingerprint density at radius 2 is 1.77 bits per heavy atom. The number of hydrogen-bond acceptors (Lipinski definition) is 4. The van der Waals surface area contributed by atoms with Gasteiger partial charge in [0.2, 0.25) is 0 Å². The van der Waals surface area contributed by atoms with Gasteiger partial charge < -0.3 is 9.84 Å². The highest BCUT2D eigenvalue weighted by molar-refractivity contribution is 5.72. The molecule has 2 aromatic rings. The number of aryl methyl sites for hydroxylation is 2. The summed E-state index contributed by atoms with van der Waals surface area (Å²) in [6, 6.07) is 13.7. The van der Waals surface area contributed by atoms with E-state index in [1.54, 1.807) is 0 Å². The van der Waals surface area contributed by atoms with Crippen LogP contribution in [0.5, 0.6) is 0 Å². The number of esters is 1. The number of aliphatic hydroxyl groups is 1. The minimum absolute atomic E-state index is 0.0205. The van der Waals surface area contributed by atoms with Crippen molar-refractivity contribution >= 4 is 12.0 Å². The van der Waals surface area contributed by atoms with Crippen LogP contribution in [-0.2, 0) is 29.0 Å². The van der Waals surface area contributed by atoms with Crippen LogP contribution in [0.3, 0.4) is 0 Å². The molecule has 0 unspecified atom stereocenters. The van der Waals surface area contributed by atoms with Gasteiger partial charge >= 0.3 is 5.97 Å². The third-order valence-corrected chi connectivity index (χ3v) is 5.97. The van der Waals surface area contributed by atoms with Crippen molar-refractivity contribution in [2.45, 2.75) is 71.0 Å². The molecule has 4 nitrogen and oxygen atoms in total. The number of nitrogens with zero attached hydrogens (tertiary/aromatic N) is 1. The topological polar surface area (TPSA) is 59.4 Å². The molecule has 4 heteroatoms.